The third kappa shape index (κ3) is 5.47. The largest absolute Gasteiger partial charge is 0.494 e. The average molecular weight is 391 g/mol. The van der Waals surface area contributed by atoms with Crippen molar-refractivity contribution in [1.29, 1.82) is 0 Å². The summed E-state index contributed by atoms with van der Waals surface area (Å²) in [7, 11) is -3.65. The summed E-state index contributed by atoms with van der Waals surface area (Å²) in [4.78, 5) is 12.9. The van der Waals surface area contributed by atoms with E-state index in [0.29, 0.717) is 30.2 Å². The summed E-state index contributed by atoms with van der Waals surface area (Å²) in [5, 5.41) is 2.80. The van der Waals surface area contributed by atoms with Crippen LogP contribution >= 0.6 is 0 Å². The van der Waals surface area contributed by atoms with Crippen LogP contribution in [-0.4, -0.2) is 33.2 Å². The smallest absolute Gasteiger partial charge is 0.248 e. The van der Waals surface area contributed by atoms with E-state index < -0.39 is 22.0 Å². The Morgan fingerprint density at radius 3 is 2.37 bits per heavy atom. The van der Waals surface area contributed by atoms with Crippen LogP contribution in [0.4, 0.5) is 11.4 Å². The monoisotopic (exact) mass is 390 g/mol. The van der Waals surface area contributed by atoms with Crippen LogP contribution in [0.5, 0.6) is 5.75 Å². The molecular formula is C20H26N2O4S. The highest BCUT2D eigenvalue weighted by Gasteiger charge is 2.31. The summed E-state index contributed by atoms with van der Waals surface area (Å²) in [6.07, 6.45) is 1.44. The highest BCUT2D eigenvalue weighted by atomic mass is 32.2. The summed E-state index contributed by atoms with van der Waals surface area (Å²) in [5.74, 6) is 0.249. The van der Waals surface area contributed by atoms with E-state index >= 15 is 0 Å². The maximum atomic E-state index is 12.9. The maximum absolute atomic E-state index is 12.9. The van der Waals surface area contributed by atoms with Crippen LogP contribution in [0.25, 0.3) is 0 Å². The lowest BCUT2D eigenvalue weighted by atomic mass is 10.1. The number of amides is 1. The SMILES string of the molecule is CCOc1cccc(NC(=O)[C@@H](CC)N(c2ccc(C)cc2)S(C)(=O)=O)c1. The molecule has 0 aromatic heterocycles. The third-order valence-electron chi connectivity index (χ3n) is 4.03. The van der Waals surface area contributed by atoms with Crippen molar-refractivity contribution in [2.45, 2.75) is 33.2 Å². The molecule has 0 aliphatic rings. The second kappa shape index (κ2) is 8.90. The van der Waals surface area contributed by atoms with Crippen molar-refractivity contribution >= 4 is 27.3 Å². The zero-order valence-electron chi connectivity index (χ0n) is 16.1. The van der Waals surface area contributed by atoms with Gasteiger partial charge in [0.25, 0.3) is 0 Å². The Balaban J connectivity index is 2.32. The van der Waals surface area contributed by atoms with Gasteiger partial charge in [-0.25, -0.2) is 8.42 Å². The number of carbonyl (C=O) groups is 1. The number of aryl methyl sites for hydroxylation is 1. The number of nitrogens with one attached hydrogen (secondary N) is 1. The summed E-state index contributed by atoms with van der Waals surface area (Å²) >= 11 is 0. The molecule has 1 N–H and O–H groups in total. The van der Waals surface area contributed by atoms with Gasteiger partial charge in [0, 0.05) is 11.8 Å². The van der Waals surface area contributed by atoms with Gasteiger partial charge in [0.1, 0.15) is 11.8 Å². The zero-order valence-corrected chi connectivity index (χ0v) is 16.9. The molecule has 1 atom stereocenters. The van der Waals surface area contributed by atoms with Crippen LogP contribution < -0.4 is 14.4 Å². The van der Waals surface area contributed by atoms with Crippen molar-refractivity contribution in [2.75, 3.05) is 22.5 Å². The summed E-state index contributed by atoms with van der Waals surface area (Å²) in [5.41, 5.74) is 2.03. The van der Waals surface area contributed by atoms with Gasteiger partial charge >= 0.3 is 0 Å². The third-order valence-corrected chi connectivity index (χ3v) is 5.21. The molecule has 0 aliphatic heterocycles. The van der Waals surface area contributed by atoms with Gasteiger partial charge in [-0.2, -0.15) is 0 Å². The first kappa shape index (κ1) is 20.8. The van der Waals surface area contributed by atoms with E-state index in [4.69, 9.17) is 4.74 Å². The molecular weight excluding hydrogens is 364 g/mol. The highest BCUT2D eigenvalue weighted by molar-refractivity contribution is 7.92. The maximum Gasteiger partial charge on any atom is 0.248 e. The molecule has 0 fully saturated rings. The van der Waals surface area contributed by atoms with Crippen molar-refractivity contribution < 1.29 is 17.9 Å². The number of nitrogens with zero attached hydrogens (tertiary/aromatic N) is 1. The van der Waals surface area contributed by atoms with Gasteiger partial charge in [-0.05, 0) is 44.5 Å². The van der Waals surface area contributed by atoms with Gasteiger partial charge < -0.3 is 10.1 Å². The van der Waals surface area contributed by atoms with E-state index in [0.717, 1.165) is 11.8 Å². The number of sulfonamides is 1. The number of hydrogen-bond acceptors (Lipinski definition) is 4. The first-order chi connectivity index (χ1) is 12.8. The molecule has 2 rings (SSSR count). The quantitative estimate of drug-likeness (QED) is 0.748. The van der Waals surface area contributed by atoms with E-state index in [1.807, 2.05) is 26.0 Å². The Morgan fingerprint density at radius 2 is 1.81 bits per heavy atom. The average Bonchev–Trinajstić information content (AvgIpc) is 2.60. The molecule has 0 saturated heterocycles. The molecule has 6 nitrogen and oxygen atoms in total. The number of hydrogen-bond donors (Lipinski definition) is 1. The summed E-state index contributed by atoms with van der Waals surface area (Å²) in [6.45, 7) is 6.10. The molecule has 0 spiro atoms. The Hall–Kier alpha value is -2.54. The molecule has 7 heteroatoms. The first-order valence-corrected chi connectivity index (χ1v) is 10.7. The van der Waals surface area contributed by atoms with Gasteiger partial charge in [-0.3, -0.25) is 9.10 Å². The second-order valence-electron chi connectivity index (χ2n) is 6.27. The molecule has 0 aliphatic carbocycles. The van der Waals surface area contributed by atoms with E-state index in [9.17, 15) is 13.2 Å². The molecule has 27 heavy (non-hydrogen) atoms. The molecule has 0 unspecified atom stereocenters. The van der Waals surface area contributed by atoms with Crippen LogP contribution in [0, 0.1) is 6.92 Å². The van der Waals surface area contributed by atoms with Crippen molar-refractivity contribution in [3.05, 3.63) is 54.1 Å². The Bertz CT molecular complexity index is 879. The van der Waals surface area contributed by atoms with Crippen molar-refractivity contribution in [1.82, 2.24) is 0 Å². The molecule has 2 aromatic carbocycles. The van der Waals surface area contributed by atoms with Crippen molar-refractivity contribution in [3.63, 3.8) is 0 Å². The van der Waals surface area contributed by atoms with E-state index in [1.165, 1.54) is 4.31 Å². The Labute approximate surface area is 161 Å². The van der Waals surface area contributed by atoms with Gasteiger partial charge in [-0.15, -0.1) is 0 Å². The van der Waals surface area contributed by atoms with Crippen LogP contribution in [-0.2, 0) is 14.8 Å². The molecule has 2 aromatic rings. The van der Waals surface area contributed by atoms with Crippen LogP contribution in [0.3, 0.4) is 0 Å². The standard InChI is InChI=1S/C20H26N2O4S/c1-5-19(20(23)21-16-8-7-9-18(14-16)26-6-2)22(27(4,24)25)17-12-10-15(3)11-13-17/h7-14,19H,5-6H2,1-4H3,(H,21,23)/t19-/m1/s1. The molecule has 146 valence electrons. The van der Waals surface area contributed by atoms with Gasteiger partial charge in [-0.1, -0.05) is 30.7 Å². The lowest BCUT2D eigenvalue weighted by Crippen LogP contribution is -2.47. The highest BCUT2D eigenvalue weighted by Crippen LogP contribution is 2.24. The second-order valence-corrected chi connectivity index (χ2v) is 8.13. The number of rotatable bonds is 8. The van der Waals surface area contributed by atoms with Crippen LogP contribution in [0.1, 0.15) is 25.8 Å². The fourth-order valence-corrected chi connectivity index (χ4v) is 4.02. The van der Waals surface area contributed by atoms with E-state index in [1.54, 1.807) is 43.3 Å². The normalized spacial score (nSPS) is 12.3. The van der Waals surface area contributed by atoms with Crippen LogP contribution in [0.2, 0.25) is 0 Å². The number of anilines is 2. The minimum atomic E-state index is -3.65. The predicted octanol–water partition coefficient (Wildman–Crippen LogP) is 3.58. The van der Waals surface area contributed by atoms with Gasteiger partial charge in [0.05, 0.1) is 18.6 Å². The lowest BCUT2D eigenvalue weighted by molar-refractivity contribution is -0.117. The van der Waals surface area contributed by atoms with Crippen molar-refractivity contribution in [2.24, 2.45) is 0 Å². The van der Waals surface area contributed by atoms with E-state index in [-0.39, 0.29) is 0 Å². The Kier molecular flexibility index (Phi) is 6.85. The molecule has 1 amide bonds. The fourth-order valence-electron chi connectivity index (χ4n) is 2.81. The number of carbonyl (C=O) groups excluding carboxylic acids is 1. The first-order valence-electron chi connectivity index (χ1n) is 8.86. The van der Waals surface area contributed by atoms with E-state index in [2.05, 4.69) is 5.32 Å². The van der Waals surface area contributed by atoms with Crippen molar-refractivity contribution in [3.8, 4) is 5.75 Å². The Morgan fingerprint density at radius 1 is 1.15 bits per heavy atom. The molecule has 0 heterocycles. The molecule has 0 bridgehead atoms. The summed E-state index contributed by atoms with van der Waals surface area (Å²) in [6, 6.07) is 13.2. The predicted molar refractivity (Wildman–Crippen MR) is 109 cm³/mol. The van der Waals surface area contributed by atoms with Gasteiger partial charge in [0.2, 0.25) is 15.9 Å². The van der Waals surface area contributed by atoms with Crippen LogP contribution in [0.15, 0.2) is 48.5 Å². The lowest BCUT2D eigenvalue weighted by Gasteiger charge is -2.30. The number of benzene rings is 2. The van der Waals surface area contributed by atoms with Gasteiger partial charge in [0.15, 0.2) is 0 Å². The molecule has 0 radical (unpaired) electrons. The molecule has 0 saturated carbocycles. The topological polar surface area (TPSA) is 75.7 Å². The minimum absolute atomic E-state index is 0.331. The zero-order chi connectivity index (χ0) is 20.0. The fraction of sp³-hybridized carbons (Fsp3) is 0.350. The number of ether oxygens (including phenoxy) is 1. The minimum Gasteiger partial charge on any atom is -0.494 e. The summed E-state index contributed by atoms with van der Waals surface area (Å²) < 4.78 is 31.5.